The lowest BCUT2D eigenvalue weighted by molar-refractivity contribution is -0.117. The number of amides is 1. The van der Waals surface area contributed by atoms with Crippen LogP contribution in [0.1, 0.15) is 0 Å². The molecule has 3 aromatic rings. The number of nitrogens with one attached hydrogen (secondary N) is 1. The predicted octanol–water partition coefficient (Wildman–Crippen LogP) is 2.65. The lowest BCUT2D eigenvalue weighted by Crippen LogP contribution is -2.20. The van der Waals surface area contributed by atoms with Gasteiger partial charge in [0.25, 0.3) is 0 Å². The molecular weight excluding hydrogens is 358 g/mol. The molecule has 8 nitrogen and oxygen atoms in total. The number of benzene rings is 2. The number of halogens is 1. The van der Waals surface area contributed by atoms with Gasteiger partial charge in [-0.3, -0.25) is 4.79 Å². The third kappa shape index (κ3) is 3.92. The summed E-state index contributed by atoms with van der Waals surface area (Å²) >= 11 is 6.06. The van der Waals surface area contributed by atoms with Gasteiger partial charge in [0.15, 0.2) is 0 Å². The van der Waals surface area contributed by atoms with Gasteiger partial charge in [-0.2, -0.15) is 4.80 Å². The van der Waals surface area contributed by atoms with Crippen molar-refractivity contribution in [2.24, 2.45) is 0 Å². The van der Waals surface area contributed by atoms with Crippen LogP contribution in [0, 0.1) is 0 Å². The largest absolute Gasteiger partial charge is 0.495 e. The number of hydrogen-bond donors (Lipinski definition) is 1. The van der Waals surface area contributed by atoms with Crippen molar-refractivity contribution in [3.8, 4) is 22.9 Å². The summed E-state index contributed by atoms with van der Waals surface area (Å²) < 4.78 is 10.4. The summed E-state index contributed by atoms with van der Waals surface area (Å²) in [5.41, 5.74) is 1.26. The topological polar surface area (TPSA) is 91.2 Å². The Morgan fingerprint density at radius 1 is 1.15 bits per heavy atom. The summed E-state index contributed by atoms with van der Waals surface area (Å²) in [6.45, 7) is -0.103. The molecule has 0 radical (unpaired) electrons. The maximum absolute atomic E-state index is 12.3. The van der Waals surface area contributed by atoms with E-state index in [1.807, 2.05) is 30.3 Å². The van der Waals surface area contributed by atoms with E-state index in [1.165, 1.54) is 19.0 Å². The first kappa shape index (κ1) is 17.7. The second kappa shape index (κ2) is 7.83. The van der Waals surface area contributed by atoms with Crippen LogP contribution in [0.15, 0.2) is 42.5 Å². The van der Waals surface area contributed by atoms with Crippen molar-refractivity contribution in [2.75, 3.05) is 19.5 Å². The van der Waals surface area contributed by atoms with E-state index >= 15 is 0 Å². The molecule has 26 heavy (non-hydrogen) atoms. The average Bonchev–Trinajstić information content (AvgIpc) is 3.11. The van der Waals surface area contributed by atoms with Crippen molar-refractivity contribution in [2.45, 2.75) is 6.54 Å². The number of tetrazole rings is 1. The van der Waals surface area contributed by atoms with Gasteiger partial charge in [0.2, 0.25) is 11.7 Å². The Bertz CT molecular complexity index is 914. The molecule has 0 spiro atoms. The van der Waals surface area contributed by atoms with Gasteiger partial charge in [-0.05, 0) is 5.21 Å². The van der Waals surface area contributed by atoms with Crippen molar-refractivity contribution in [1.29, 1.82) is 0 Å². The third-order valence-corrected chi connectivity index (χ3v) is 3.81. The summed E-state index contributed by atoms with van der Waals surface area (Å²) in [4.78, 5) is 13.5. The highest BCUT2D eigenvalue weighted by Gasteiger charge is 2.14. The number of nitrogens with zero attached hydrogens (tertiary/aromatic N) is 4. The molecule has 1 aromatic heterocycles. The fourth-order valence-corrected chi connectivity index (χ4v) is 2.52. The summed E-state index contributed by atoms with van der Waals surface area (Å²) in [5.74, 6) is 0.947. The second-order valence-electron chi connectivity index (χ2n) is 5.24. The number of anilines is 1. The van der Waals surface area contributed by atoms with Crippen molar-refractivity contribution < 1.29 is 14.3 Å². The van der Waals surface area contributed by atoms with Gasteiger partial charge in [0.1, 0.15) is 18.0 Å². The van der Waals surface area contributed by atoms with E-state index in [0.29, 0.717) is 28.0 Å². The van der Waals surface area contributed by atoms with Gasteiger partial charge in [-0.15, -0.1) is 10.2 Å². The van der Waals surface area contributed by atoms with E-state index in [9.17, 15) is 4.79 Å². The number of hydrogen-bond acceptors (Lipinski definition) is 6. The molecule has 9 heteroatoms. The van der Waals surface area contributed by atoms with E-state index in [1.54, 1.807) is 12.1 Å². The fraction of sp³-hybridized carbons (Fsp3) is 0.176. The van der Waals surface area contributed by atoms with Crippen molar-refractivity contribution in [3.05, 3.63) is 47.5 Å². The third-order valence-electron chi connectivity index (χ3n) is 3.52. The smallest absolute Gasteiger partial charge is 0.248 e. The Balaban J connectivity index is 1.73. The number of rotatable bonds is 6. The molecule has 1 N–H and O–H groups in total. The van der Waals surface area contributed by atoms with E-state index in [2.05, 4.69) is 20.7 Å². The second-order valence-corrected chi connectivity index (χ2v) is 5.65. The van der Waals surface area contributed by atoms with Crippen LogP contribution >= 0.6 is 11.6 Å². The van der Waals surface area contributed by atoms with Crippen LogP contribution in [0.25, 0.3) is 11.4 Å². The monoisotopic (exact) mass is 373 g/mol. The molecule has 0 aliphatic carbocycles. The first-order valence-corrected chi connectivity index (χ1v) is 8.03. The fourth-order valence-electron chi connectivity index (χ4n) is 2.29. The lowest BCUT2D eigenvalue weighted by atomic mass is 10.2. The van der Waals surface area contributed by atoms with Gasteiger partial charge in [-0.25, -0.2) is 0 Å². The van der Waals surface area contributed by atoms with Crippen molar-refractivity contribution >= 4 is 23.2 Å². The van der Waals surface area contributed by atoms with Crippen molar-refractivity contribution in [3.63, 3.8) is 0 Å². The number of carbonyl (C=O) groups is 1. The lowest BCUT2D eigenvalue weighted by Gasteiger charge is -2.12. The van der Waals surface area contributed by atoms with Crippen LogP contribution in [-0.2, 0) is 11.3 Å². The highest BCUT2D eigenvalue weighted by molar-refractivity contribution is 6.32. The first-order chi connectivity index (χ1) is 12.6. The Kier molecular flexibility index (Phi) is 5.33. The molecule has 0 aliphatic rings. The van der Waals surface area contributed by atoms with Gasteiger partial charge in [-0.1, -0.05) is 41.9 Å². The van der Waals surface area contributed by atoms with Crippen LogP contribution in [0.5, 0.6) is 11.5 Å². The zero-order valence-corrected chi connectivity index (χ0v) is 14.9. The first-order valence-electron chi connectivity index (χ1n) is 7.65. The SMILES string of the molecule is COc1cc(NC(=O)Cn2nnc(-c3ccccc3)n2)c(OC)cc1Cl. The van der Waals surface area contributed by atoms with Gasteiger partial charge < -0.3 is 14.8 Å². The summed E-state index contributed by atoms with van der Waals surface area (Å²) in [6.07, 6.45) is 0. The molecule has 0 aliphatic heterocycles. The Hall–Kier alpha value is -3.13. The van der Waals surface area contributed by atoms with Gasteiger partial charge >= 0.3 is 0 Å². The summed E-state index contributed by atoms with van der Waals surface area (Å²) in [7, 11) is 2.97. The van der Waals surface area contributed by atoms with E-state index in [4.69, 9.17) is 21.1 Å². The molecule has 0 unspecified atom stereocenters. The molecule has 0 saturated carbocycles. The Morgan fingerprint density at radius 3 is 2.58 bits per heavy atom. The number of ether oxygens (including phenoxy) is 2. The van der Waals surface area contributed by atoms with Crippen LogP contribution in [0.4, 0.5) is 5.69 Å². The predicted molar refractivity (Wildman–Crippen MR) is 96.4 cm³/mol. The standard InChI is InChI=1S/C17H16ClN5O3/c1-25-14-9-13(15(26-2)8-12(14)18)19-16(24)10-23-21-17(20-22-23)11-6-4-3-5-7-11/h3-9H,10H2,1-2H3,(H,19,24). The Labute approximate surface area is 154 Å². The molecular formula is C17H16ClN5O3. The summed E-state index contributed by atoms with van der Waals surface area (Å²) in [6, 6.07) is 12.5. The molecule has 0 fully saturated rings. The molecule has 0 saturated heterocycles. The maximum atomic E-state index is 12.3. The quantitative estimate of drug-likeness (QED) is 0.714. The molecule has 0 atom stereocenters. The molecule has 134 valence electrons. The van der Waals surface area contributed by atoms with Crippen LogP contribution in [0.2, 0.25) is 5.02 Å². The van der Waals surface area contributed by atoms with E-state index in [0.717, 1.165) is 5.56 Å². The minimum Gasteiger partial charge on any atom is -0.495 e. The van der Waals surface area contributed by atoms with Crippen LogP contribution < -0.4 is 14.8 Å². The molecule has 1 heterocycles. The van der Waals surface area contributed by atoms with Crippen molar-refractivity contribution in [1.82, 2.24) is 20.2 Å². The van der Waals surface area contributed by atoms with Gasteiger partial charge in [0, 0.05) is 17.7 Å². The molecule has 2 aromatic carbocycles. The summed E-state index contributed by atoms with van der Waals surface area (Å²) in [5, 5.41) is 15.2. The highest BCUT2D eigenvalue weighted by Crippen LogP contribution is 2.35. The minimum absolute atomic E-state index is 0.103. The normalized spacial score (nSPS) is 10.4. The Morgan fingerprint density at radius 2 is 1.88 bits per heavy atom. The molecule has 0 bridgehead atoms. The van der Waals surface area contributed by atoms with Gasteiger partial charge in [0.05, 0.1) is 24.9 Å². The molecule has 1 amide bonds. The van der Waals surface area contributed by atoms with Crippen LogP contribution in [0.3, 0.4) is 0 Å². The maximum Gasteiger partial charge on any atom is 0.248 e. The van der Waals surface area contributed by atoms with Crippen LogP contribution in [-0.4, -0.2) is 40.3 Å². The average molecular weight is 374 g/mol. The highest BCUT2D eigenvalue weighted by atomic mass is 35.5. The molecule has 3 rings (SSSR count). The zero-order chi connectivity index (χ0) is 18.5. The number of aromatic nitrogens is 4. The van der Waals surface area contributed by atoms with E-state index in [-0.39, 0.29) is 12.5 Å². The minimum atomic E-state index is -0.343. The zero-order valence-electron chi connectivity index (χ0n) is 14.1. The van der Waals surface area contributed by atoms with E-state index < -0.39 is 0 Å². The number of methoxy groups -OCH3 is 2. The number of carbonyl (C=O) groups excluding carboxylic acids is 1.